The molecule has 0 saturated heterocycles. The number of nitrogens with one attached hydrogen (secondary N) is 2. The van der Waals surface area contributed by atoms with Crippen LogP contribution in [0.5, 0.6) is 5.75 Å². The molecule has 0 saturated carbocycles. The second-order valence-electron chi connectivity index (χ2n) is 4.35. The van der Waals surface area contributed by atoms with Crippen LogP contribution in [0.3, 0.4) is 0 Å². The molecular formula is C14H20N2O3. The third-order valence-electron chi connectivity index (χ3n) is 2.62. The number of rotatable bonds is 6. The first-order valence-electron chi connectivity index (χ1n) is 6.47. The number of hydrogen-bond donors (Lipinski definition) is 3. The zero-order valence-electron chi connectivity index (χ0n) is 11.1. The topological polar surface area (TPSA) is 78.4 Å². The van der Waals surface area contributed by atoms with Gasteiger partial charge in [0.15, 0.2) is 0 Å². The first kappa shape index (κ1) is 15.0. The lowest BCUT2D eigenvalue weighted by atomic mass is 10.1. The van der Waals surface area contributed by atoms with Crippen LogP contribution < -0.4 is 10.6 Å². The van der Waals surface area contributed by atoms with Gasteiger partial charge in [0.1, 0.15) is 5.75 Å². The monoisotopic (exact) mass is 264 g/mol. The van der Waals surface area contributed by atoms with Crippen LogP contribution in [-0.2, 0) is 11.2 Å². The lowest BCUT2D eigenvalue weighted by molar-refractivity contribution is -0.119. The van der Waals surface area contributed by atoms with E-state index >= 15 is 0 Å². The summed E-state index contributed by atoms with van der Waals surface area (Å²) >= 11 is 0. The van der Waals surface area contributed by atoms with Gasteiger partial charge in [-0.2, -0.15) is 0 Å². The zero-order chi connectivity index (χ0) is 14.1. The van der Waals surface area contributed by atoms with Crippen molar-refractivity contribution in [2.75, 3.05) is 6.54 Å². The molecule has 1 aromatic rings. The molecule has 104 valence electrons. The highest BCUT2D eigenvalue weighted by atomic mass is 16.3. The fraction of sp³-hybridized carbons (Fsp3) is 0.429. The van der Waals surface area contributed by atoms with Crippen molar-refractivity contribution in [3.05, 3.63) is 29.8 Å². The average Bonchev–Trinajstić information content (AvgIpc) is 2.37. The normalized spacial score (nSPS) is 9.95. The van der Waals surface area contributed by atoms with E-state index in [0.717, 1.165) is 24.8 Å². The number of aromatic hydroxyl groups is 1. The molecule has 0 atom stereocenters. The number of phenols is 1. The minimum atomic E-state index is -0.458. The van der Waals surface area contributed by atoms with Gasteiger partial charge in [-0.1, -0.05) is 31.9 Å². The van der Waals surface area contributed by atoms with Crippen LogP contribution in [0, 0.1) is 0 Å². The molecule has 3 N–H and O–H groups in total. The second kappa shape index (κ2) is 8.13. The zero-order valence-corrected chi connectivity index (χ0v) is 11.1. The minimum absolute atomic E-state index is 0.114. The summed E-state index contributed by atoms with van der Waals surface area (Å²) in [4.78, 5) is 22.9. The minimum Gasteiger partial charge on any atom is -0.508 e. The Bertz CT molecular complexity index is 415. The van der Waals surface area contributed by atoms with Gasteiger partial charge >= 0.3 is 6.03 Å². The number of carbonyl (C=O) groups is 2. The van der Waals surface area contributed by atoms with E-state index in [1.807, 2.05) is 0 Å². The Morgan fingerprint density at radius 3 is 2.47 bits per heavy atom. The van der Waals surface area contributed by atoms with Crippen LogP contribution in [0.25, 0.3) is 0 Å². The first-order valence-corrected chi connectivity index (χ1v) is 6.47. The summed E-state index contributed by atoms with van der Waals surface area (Å²) in [5.74, 6) is -0.212. The molecule has 0 heterocycles. The van der Waals surface area contributed by atoms with Crippen molar-refractivity contribution in [1.82, 2.24) is 10.6 Å². The van der Waals surface area contributed by atoms with E-state index in [0.29, 0.717) is 6.54 Å². The van der Waals surface area contributed by atoms with Crippen LogP contribution in [0.2, 0.25) is 0 Å². The van der Waals surface area contributed by atoms with E-state index in [1.165, 1.54) is 12.1 Å². The van der Waals surface area contributed by atoms with Gasteiger partial charge in [-0.15, -0.1) is 0 Å². The Labute approximate surface area is 113 Å². The second-order valence-corrected chi connectivity index (χ2v) is 4.35. The standard InChI is InChI=1S/C14H20N2O3/c1-2-3-4-9-15-14(19)16-13(18)10-11-5-7-12(17)8-6-11/h5-8,17H,2-4,9-10H2,1H3,(H2,15,16,18,19). The van der Waals surface area contributed by atoms with Gasteiger partial charge in [0.25, 0.3) is 0 Å². The van der Waals surface area contributed by atoms with Crippen LogP contribution in [0.4, 0.5) is 4.79 Å². The molecule has 19 heavy (non-hydrogen) atoms. The highest BCUT2D eigenvalue weighted by Gasteiger charge is 2.07. The lowest BCUT2D eigenvalue weighted by Crippen LogP contribution is -2.40. The number of imide groups is 1. The van der Waals surface area contributed by atoms with E-state index in [1.54, 1.807) is 12.1 Å². The predicted molar refractivity (Wildman–Crippen MR) is 72.9 cm³/mol. The molecule has 0 spiro atoms. The molecule has 3 amide bonds. The Hall–Kier alpha value is -2.04. The molecule has 0 aliphatic heterocycles. The maximum Gasteiger partial charge on any atom is 0.321 e. The van der Waals surface area contributed by atoms with Crippen LogP contribution in [0.1, 0.15) is 31.7 Å². The number of benzene rings is 1. The molecule has 0 radical (unpaired) electrons. The Balaban J connectivity index is 2.26. The van der Waals surface area contributed by atoms with Crippen LogP contribution >= 0.6 is 0 Å². The molecule has 0 aliphatic rings. The van der Waals surface area contributed by atoms with E-state index in [4.69, 9.17) is 5.11 Å². The first-order chi connectivity index (χ1) is 9.11. The quantitative estimate of drug-likeness (QED) is 0.687. The van der Waals surface area contributed by atoms with Gasteiger partial charge in [-0.3, -0.25) is 10.1 Å². The molecule has 5 heteroatoms. The highest BCUT2D eigenvalue weighted by molar-refractivity contribution is 5.95. The predicted octanol–water partition coefficient (Wildman–Crippen LogP) is 1.95. The Morgan fingerprint density at radius 2 is 1.84 bits per heavy atom. The Morgan fingerprint density at radius 1 is 1.16 bits per heavy atom. The number of phenolic OH excluding ortho intramolecular Hbond substituents is 1. The van der Waals surface area contributed by atoms with E-state index in [2.05, 4.69) is 17.6 Å². The van der Waals surface area contributed by atoms with Crippen LogP contribution in [-0.4, -0.2) is 23.6 Å². The fourth-order valence-corrected chi connectivity index (χ4v) is 1.59. The van der Waals surface area contributed by atoms with Crippen molar-refractivity contribution in [3.63, 3.8) is 0 Å². The lowest BCUT2D eigenvalue weighted by Gasteiger charge is -2.06. The molecule has 5 nitrogen and oxygen atoms in total. The smallest absolute Gasteiger partial charge is 0.321 e. The van der Waals surface area contributed by atoms with Crippen molar-refractivity contribution in [1.29, 1.82) is 0 Å². The summed E-state index contributed by atoms with van der Waals surface area (Å²) < 4.78 is 0. The van der Waals surface area contributed by atoms with Gasteiger partial charge in [-0.25, -0.2) is 4.79 Å². The summed E-state index contributed by atoms with van der Waals surface area (Å²) in [6, 6.07) is 5.85. The largest absolute Gasteiger partial charge is 0.508 e. The van der Waals surface area contributed by atoms with Gasteiger partial charge in [0, 0.05) is 6.54 Å². The van der Waals surface area contributed by atoms with Crippen molar-refractivity contribution < 1.29 is 14.7 Å². The molecule has 1 aromatic carbocycles. The number of hydrogen-bond acceptors (Lipinski definition) is 3. The Kier molecular flexibility index (Phi) is 6.43. The van der Waals surface area contributed by atoms with Crippen molar-refractivity contribution in [2.45, 2.75) is 32.6 Å². The van der Waals surface area contributed by atoms with Gasteiger partial charge in [-0.05, 0) is 24.1 Å². The summed E-state index contributed by atoms with van der Waals surface area (Å²) in [6.07, 6.45) is 3.17. The van der Waals surface area contributed by atoms with Crippen molar-refractivity contribution >= 4 is 11.9 Å². The van der Waals surface area contributed by atoms with Gasteiger partial charge < -0.3 is 10.4 Å². The maximum atomic E-state index is 11.6. The number of carbonyl (C=O) groups excluding carboxylic acids is 2. The average molecular weight is 264 g/mol. The SMILES string of the molecule is CCCCCNC(=O)NC(=O)Cc1ccc(O)cc1. The third kappa shape index (κ3) is 6.45. The summed E-state index contributed by atoms with van der Waals surface area (Å²) in [6.45, 7) is 2.66. The van der Waals surface area contributed by atoms with E-state index in [9.17, 15) is 9.59 Å². The van der Waals surface area contributed by atoms with E-state index in [-0.39, 0.29) is 18.1 Å². The third-order valence-corrected chi connectivity index (χ3v) is 2.62. The van der Waals surface area contributed by atoms with E-state index < -0.39 is 6.03 Å². The van der Waals surface area contributed by atoms with Gasteiger partial charge in [0.2, 0.25) is 5.91 Å². The number of unbranched alkanes of at least 4 members (excludes halogenated alkanes) is 2. The molecule has 0 aliphatic carbocycles. The summed E-state index contributed by atoms with van der Waals surface area (Å²) in [5, 5.41) is 14.0. The summed E-state index contributed by atoms with van der Waals surface area (Å²) in [7, 11) is 0. The molecule has 0 fully saturated rings. The molecule has 0 unspecified atom stereocenters. The highest BCUT2D eigenvalue weighted by Crippen LogP contribution is 2.09. The fourth-order valence-electron chi connectivity index (χ4n) is 1.59. The van der Waals surface area contributed by atoms with Crippen molar-refractivity contribution in [2.24, 2.45) is 0 Å². The van der Waals surface area contributed by atoms with Crippen molar-refractivity contribution in [3.8, 4) is 5.75 Å². The summed E-state index contributed by atoms with van der Waals surface area (Å²) in [5.41, 5.74) is 0.745. The molecule has 0 bridgehead atoms. The molecule has 0 aromatic heterocycles. The molecule has 1 rings (SSSR count). The van der Waals surface area contributed by atoms with Crippen LogP contribution in [0.15, 0.2) is 24.3 Å². The molecular weight excluding hydrogens is 244 g/mol. The number of urea groups is 1. The maximum absolute atomic E-state index is 11.6. The van der Waals surface area contributed by atoms with Gasteiger partial charge in [0.05, 0.1) is 6.42 Å². The number of amides is 3.